The molecule has 0 saturated heterocycles. The van der Waals surface area contributed by atoms with Gasteiger partial charge in [-0.1, -0.05) is 30.3 Å². The van der Waals surface area contributed by atoms with Crippen molar-refractivity contribution in [3.63, 3.8) is 0 Å². The Labute approximate surface area is 120 Å². The minimum absolute atomic E-state index is 0.615. The molecule has 0 fully saturated rings. The van der Waals surface area contributed by atoms with Gasteiger partial charge >= 0.3 is 0 Å². The molecule has 0 amide bonds. The highest BCUT2D eigenvalue weighted by atomic mass is 16.4. The minimum Gasteiger partial charge on any atom is -0.424 e. The molecule has 1 N–H and O–H groups in total. The largest absolute Gasteiger partial charge is 0.424 e. The molecule has 1 aromatic carbocycles. The van der Waals surface area contributed by atoms with Crippen molar-refractivity contribution in [2.45, 2.75) is 26.4 Å². The fraction of sp³-hybridized carbons (Fsp3) is 0.467. The van der Waals surface area contributed by atoms with E-state index in [1.165, 1.54) is 5.56 Å². The zero-order chi connectivity index (χ0) is 14.2. The summed E-state index contributed by atoms with van der Waals surface area (Å²) in [6.45, 7) is 5.44. The second kappa shape index (κ2) is 7.77. The first-order valence-electron chi connectivity index (χ1n) is 6.96. The van der Waals surface area contributed by atoms with E-state index in [1.54, 1.807) is 6.92 Å². The molecule has 0 unspecified atom stereocenters. The van der Waals surface area contributed by atoms with Crippen LogP contribution in [0.2, 0.25) is 0 Å². The van der Waals surface area contributed by atoms with Gasteiger partial charge in [-0.05, 0) is 32.1 Å². The topological polar surface area (TPSA) is 54.2 Å². The summed E-state index contributed by atoms with van der Waals surface area (Å²) in [5.41, 5.74) is 1.35. The van der Waals surface area contributed by atoms with Crippen LogP contribution in [0.5, 0.6) is 0 Å². The number of aromatic nitrogens is 2. The van der Waals surface area contributed by atoms with Gasteiger partial charge in [-0.15, -0.1) is 10.2 Å². The monoisotopic (exact) mass is 274 g/mol. The molecule has 0 radical (unpaired) electrons. The number of benzene rings is 1. The van der Waals surface area contributed by atoms with Crippen LogP contribution in [0.3, 0.4) is 0 Å². The van der Waals surface area contributed by atoms with Gasteiger partial charge in [-0.25, -0.2) is 0 Å². The Morgan fingerprint density at radius 2 is 2.00 bits per heavy atom. The lowest BCUT2D eigenvalue weighted by molar-refractivity contribution is 0.318. The zero-order valence-electron chi connectivity index (χ0n) is 12.2. The lowest BCUT2D eigenvalue weighted by atomic mass is 10.2. The molecule has 1 heterocycles. The fourth-order valence-electron chi connectivity index (χ4n) is 2.05. The van der Waals surface area contributed by atoms with Crippen LogP contribution >= 0.6 is 0 Å². The minimum atomic E-state index is 0.615. The number of nitrogens with zero attached hydrogens (tertiary/aromatic N) is 3. The summed E-state index contributed by atoms with van der Waals surface area (Å²) in [7, 11) is 2.15. The highest BCUT2D eigenvalue weighted by Gasteiger charge is 2.02. The summed E-state index contributed by atoms with van der Waals surface area (Å²) in [4.78, 5) is 2.33. The van der Waals surface area contributed by atoms with Crippen LogP contribution in [0, 0.1) is 6.92 Å². The van der Waals surface area contributed by atoms with Crippen molar-refractivity contribution < 1.29 is 4.42 Å². The van der Waals surface area contributed by atoms with Gasteiger partial charge in [-0.3, -0.25) is 0 Å². The van der Waals surface area contributed by atoms with Crippen molar-refractivity contribution in [1.82, 2.24) is 20.4 Å². The van der Waals surface area contributed by atoms with Gasteiger partial charge in [0.2, 0.25) is 11.8 Å². The van der Waals surface area contributed by atoms with Gasteiger partial charge < -0.3 is 14.6 Å². The molecule has 2 rings (SSSR count). The SMILES string of the molecule is Cc1nnc(CNCCCN(C)Cc2ccccc2)o1. The normalized spacial score (nSPS) is 11.2. The van der Waals surface area contributed by atoms with Crippen LogP contribution in [-0.4, -0.2) is 35.2 Å². The number of hydrogen-bond donors (Lipinski definition) is 1. The van der Waals surface area contributed by atoms with Gasteiger partial charge in [0, 0.05) is 13.5 Å². The lowest BCUT2D eigenvalue weighted by Crippen LogP contribution is -2.23. The fourth-order valence-corrected chi connectivity index (χ4v) is 2.05. The van der Waals surface area contributed by atoms with Gasteiger partial charge in [0.15, 0.2) is 0 Å². The van der Waals surface area contributed by atoms with Gasteiger partial charge in [0.05, 0.1) is 6.54 Å². The second-order valence-corrected chi connectivity index (χ2v) is 4.97. The Kier molecular flexibility index (Phi) is 5.70. The summed E-state index contributed by atoms with van der Waals surface area (Å²) in [6, 6.07) is 10.5. The average molecular weight is 274 g/mol. The standard InChI is InChI=1S/C15H22N4O/c1-13-17-18-15(20-13)11-16-9-6-10-19(2)12-14-7-4-3-5-8-14/h3-5,7-8,16H,6,9-12H2,1-2H3. The van der Waals surface area contributed by atoms with Crippen molar-refractivity contribution in [3.8, 4) is 0 Å². The van der Waals surface area contributed by atoms with Crippen molar-refractivity contribution in [1.29, 1.82) is 0 Å². The Bertz CT molecular complexity index is 498. The van der Waals surface area contributed by atoms with Crippen molar-refractivity contribution in [3.05, 3.63) is 47.7 Å². The summed E-state index contributed by atoms with van der Waals surface area (Å²) < 4.78 is 5.30. The van der Waals surface area contributed by atoms with E-state index in [9.17, 15) is 0 Å². The van der Waals surface area contributed by atoms with Crippen LogP contribution in [-0.2, 0) is 13.1 Å². The van der Waals surface area contributed by atoms with E-state index in [1.807, 2.05) is 6.07 Å². The Morgan fingerprint density at radius 1 is 1.20 bits per heavy atom. The maximum atomic E-state index is 5.30. The lowest BCUT2D eigenvalue weighted by Gasteiger charge is -2.16. The third-order valence-electron chi connectivity index (χ3n) is 3.03. The molecule has 1 aromatic heterocycles. The highest BCUT2D eigenvalue weighted by molar-refractivity contribution is 5.14. The average Bonchev–Trinajstić information content (AvgIpc) is 2.85. The predicted molar refractivity (Wildman–Crippen MR) is 78.1 cm³/mol. The summed E-state index contributed by atoms with van der Waals surface area (Å²) in [5.74, 6) is 1.27. The van der Waals surface area contributed by atoms with E-state index in [-0.39, 0.29) is 0 Å². The van der Waals surface area contributed by atoms with Crippen LogP contribution in [0.4, 0.5) is 0 Å². The maximum Gasteiger partial charge on any atom is 0.230 e. The van der Waals surface area contributed by atoms with E-state index in [2.05, 4.69) is 51.7 Å². The first-order valence-corrected chi connectivity index (χ1v) is 6.96. The van der Waals surface area contributed by atoms with Crippen molar-refractivity contribution in [2.75, 3.05) is 20.1 Å². The summed E-state index contributed by atoms with van der Waals surface area (Å²) in [6.07, 6.45) is 1.09. The van der Waals surface area contributed by atoms with E-state index in [4.69, 9.17) is 4.42 Å². The molecule has 0 saturated carbocycles. The molecule has 0 aliphatic rings. The zero-order valence-corrected chi connectivity index (χ0v) is 12.2. The van der Waals surface area contributed by atoms with Gasteiger partial charge in [-0.2, -0.15) is 0 Å². The second-order valence-electron chi connectivity index (χ2n) is 4.97. The van der Waals surface area contributed by atoms with Crippen molar-refractivity contribution in [2.24, 2.45) is 0 Å². The number of rotatable bonds is 8. The van der Waals surface area contributed by atoms with E-state index in [0.717, 1.165) is 26.1 Å². The van der Waals surface area contributed by atoms with Gasteiger partial charge in [0.25, 0.3) is 0 Å². The van der Waals surface area contributed by atoms with E-state index in [0.29, 0.717) is 18.3 Å². The molecule has 108 valence electrons. The van der Waals surface area contributed by atoms with Crippen LogP contribution in [0.25, 0.3) is 0 Å². The van der Waals surface area contributed by atoms with Crippen LogP contribution in [0.15, 0.2) is 34.7 Å². The molecule has 0 bridgehead atoms. The molecule has 5 heteroatoms. The third kappa shape index (κ3) is 5.11. The molecule has 20 heavy (non-hydrogen) atoms. The Hall–Kier alpha value is -1.72. The Morgan fingerprint density at radius 3 is 2.70 bits per heavy atom. The third-order valence-corrected chi connectivity index (χ3v) is 3.03. The first kappa shape index (κ1) is 14.7. The summed E-state index contributed by atoms with van der Waals surface area (Å²) >= 11 is 0. The molecule has 0 aliphatic heterocycles. The molecular weight excluding hydrogens is 252 g/mol. The van der Waals surface area contributed by atoms with Crippen LogP contribution < -0.4 is 5.32 Å². The predicted octanol–water partition coefficient (Wildman–Crippen LogP) is 1.99. The first-order chi connectivity index (χ1) is 9.74. The molecule has 2 aromatic rings. The number of aryl methyl sites for hydroxylation is 1. The quantitative estimate of drug-likeness (QED) is 0.746. The molecule has 0 spiro atoms. The van der Waals surface area contributed by atoms with Gasteiger partial charge in [0.1, 0.15) is 0 Å². The molecule has 5 nitrogen and oxygen atoms in total. The van der Waals surface area contributed by atoms with E-state index < -0.39 is 0 Å². The summed E-state index contributed by atoms with van der Waals surface area (Å²) in [5, 5.41) is 11.1. The van der Waals surface area contributed by atoms with Crippen LogP contribution in [0.1, 0.15) is 23.8 Å². The maximum absolute atomic E-state index is 5.30. The smallest absolute Gasteiger partial charge is 0.230 e. The van der Waals surface area contributed by atoms with Crippen molar-refractivity contribution >= 4 is 0 Å². The van der Waals surface area contributed by atoms with E-state index >= 15 is 0 Å². The number of nitrogens with one attached hydrogen (secondary N) is 1. The Balaban J connectivity index is 1.56. The highest BCUT2D eigenvalue weighted by Crippen LogP contribution is 2.02. The number of hydrogen-bond acceptors (Lipinski definition) is 5. The molecular formula is C15H22N4O. The molecule has 0 aliphatic carbocycles. The molecule has 0 atom stereocenters.